The average Bonchev–Trinajstić information content (AvgIpc) is 3.00. The third-order valence-corrected chi connectivity index (χ3v) is 8.93. The Morgan fingerprint density at radius 1 is 1.07 bits per heavy atom. The van der Waals surface area contributed by atoms with Crippen molar-refractivity contribution in [3.8, 4) is 0 Å². The Labute approximate surface area is 174 Å². The third-order valence-electron chi connectivity index (χ3n) is 8.93. The van der Waals surface area contributed by atoms with E-state index in [2.05, 4.69) is 6.58 Å². The van der Waals surface area contributed by atoms with Crippen LogP contribution in [0.4, 0.5) is 0 Å². The van der Waals surface area contributed by atoms with E-state index in [1.165, 1.54) is 13.8 Å². The van der Waals surface area contributed by atoms with Gasteiger partial charge in [-0.05, 0) is 62.4 Å². The molecule has 7 atom stereocenters. The molecule has 4 aliphatic rings. The summed E-state index contributed by atoms with van der Waals surface area (Å²) >= 11 is 0. The number of carboxylic acid groups (broad SMARTS) is 3. The first kappa shape index (κ1) is 20.9. The molecule has 2 bridgehead atoms. The Bertz CT molecular complexity index is 878. The summed E-state index contributed by atoms with van der Waals surface area (Å²) in [6.45, 7) is 6.89. The van der Waals surface area contributed by atoms with Gasteiger partial charge in [0.15, 0.2) is 0 Å². The van der Waals surface area contributed by atoms with Crippen LogP contribution in [0.3, 0.4) is 0 Å². The minimum absolute atomic E-state index is 0.196. The number of hydrogen-bond acceptors (Lipinski definition) is 5. The largest absolute Gasteiger partial charge is 0.481 e. The fraction of sp³-hybridized carbons (Fsp3) is 0.727. The fourth-order valence-corrected chi connectivity index (χ4v) is 8.13. The molecule has 0 heterocycles. The molecule has 8 heteroatoms. The van der Waals surface area contributed by atoms with Crippen LogP contribution in [-0.4, -0.2) is 44.8 Å². The van der Waals surface area contributed by atoms with Crippen LogP contribution in [0.2, 0.25) is 0 Å². The second-order valence-corrected chi connectivity index (χ2v) is 10.1. The maximum absolute atomic E-state index is 12.8. The second-order valence-electron chi connectivity index (χ2n) is 10.1. The molecule has 0 radical (unpaired) electrons. The quantitative estimate of drug-likeness (QED) is 0.466. The topological polar surface area (TPSA) is 138 Å². The van der Waals surface area contributed by atoms with Gasteiger partial charge in [0, 0.05) is 12.8 Å². The molecular formula is C22H28O8. The number of carbonyl (C=O) groups excluding carboxylic acids is 1. The van der Waals surface area contributed by atoms with Crippen molar-refractivity contribution in [1.82, 2.24) is 0 Å². The lowest BCUT2D eigenvalue weighted by Gasteiger charge is -2.49. The van der Waals surface area contributed by atoms with Crippen LogP contribution in [0, 0.1) is 34.0 Å². The van der Waals surface area contributed by atoms with Gasteiger partial charge < -0.3 is 20.1 Å². The van der Waals surface area contributed by atoms with E-state index in [9.17, 15) is 34.5 Å². The van der Waals surface area contributed by atoms with Gasteiger partial charge in [0.1, 0.15) is 5.60 Å². The van der Waals surface area contributed by atoms with Gasteiger partial charge in [-0.1, -0.05) is 13.0 Å². The molecule has 3 N–H and O–H groups in total. The van der Waals surface area contributed by atoms with Gasteiger partial charge in [0.25, 0.3) is 0 Å². The van der Waals surface area contributed by atoms with Crippen molar-refractivity contribution in [3.63, 3.8) is 0 Å². The molecule has 0 aromatic heterocycles. The van der Waals surface area contributed by atoms with E-state index >= 15 is 0 Å². The first-order chi connectivity index (χ1) is 13.9. The molecule has 0 unspecified atom stereocenters. The molecule has 0 aliphatic heterocycles. The molecule has 1 spiro atoms. The maximum atomic E-state index is 12.8. The number of hydrogen-bond donors (Lipinski definition) is 3. The van der Waals surface area contributed by atoms with E-state index in [0.29, 0.717) is 24.8 Å². The van der Waals surface area contributed by atoms with Crippen LogP contribution in [0.15, 0.2) is 12.2 Å². The van der Waals surface area contributed by atoms with Gasteiger partial charge in [0.05, 0.1) is 16.7 Å². The number of rotatable bonds is 4. The maximum Gasteiger partial charge on any atom is 0.310 e. The van der Waals surface area contributed by atoms with E-state index in [-0.39, 0.29) is 25.7 Å². The van der Waals surface area contributed by atoms with Crippen LogP contribution in [-0.2, 0) is 23.9 Å². The highest BCUT2D eigenvalue weighted by Crippen LogP contribution is 2.78. The van der Waals surface area contributed by atoms with Gasteiger partial charge in [-0.3, -0.25) is 19.2 Å². The second kappa shape index (κ2) is 6.08. The van der Waals surface area contributed by atoms with Crippen molar-refractivity contribution in [3.05, 3.63) is 12.2 Å². The normalized spacial score (nSPS) is 46.6. The number of esters is 1. The summed E-state index contributed by atoms with van der Waals surface area (Å²) < 4.78 is 5.66. The van der Waals surface area contributed by atoms with E-state index in [4.69, 9.17) is 4.74 Å². The molecule has 0 saturated heterocycles. The lowest BCUT2D eigenvalue weighted by Crippen LogP contribution is -2.55. The van der Waals surface area contributed by atoms with E-state index in [1.807, 2.05) is 0 Å². The van der Waals surface area contributed by atoms with Gasteiger partial charge in [-0.25, -0.2) is 0 Å². The summed E-state index contributed by atoms with van der Waals surface area (Å²) in [5, 5.41) is 30.9. The zero-order chi connectivity index (χ0) is 22.3. The highest BCUT2D eigenvalue weighted by Gasteiger charge is 2.81. The van der Waals surface area contributed by atoms with E-state index in [1.54, 1.807) is 0 Å². The van der Waals surface area contributed by atoms with Gasteiger partial charge in [0.2, 0.25) is 0 Å². The van der Waals surface area contributed by atoms with Crippen molar-refractivity contribution < 1.29 is 39.2 Å². The SMILES string of the molecule is C=C1C[C@]23C[C@@]1(OC(C)=O)CC[C@@H]2[C@]1(C(=O)O)CCC[C@@](C)(C(=O)O)[C@H]1[C@@H]3C(=O)O. The van der Waals surface area contributed by atoms with Crippen molar-refractivity contribution in [1.29, 1.82) is 0 Å². The lowest BCUT2D eigenvalue weighted by molar-refractivity contribution is -0.178. The molecule has 4 saturated carbocycles. The molecule has 4 aliphatic carbocycles. The Morgan fingerprint density at radius 2 is 1.73 bits per heavy atom. The minimum Gasteiger partial charge on any atom is -0.481 e. The average molecular weight is 420 g/mol. The monoisotopic (exact) mass is 420 g/mol. The van der Waals surface area contributed by atoms with E-state index in [0.717, 1.165) is 0 Å². The van der Waals surface area contributed by atoms with Crippen molar-refractivity contribution in [2.24, 2.45) is 34.0 Å². The predicted molar refractivity (Wildman–Crippen MR) is 102 cm³/mol. The third kappa shape index (κ3) is 2.22. The summed E-state index contributed by atoms with van der Waals surface area (Å²) in [6.07, 6.45) is 2.11. The van der Waals surface area contributed by atoms with Crippen LogP contribution in [0.25, 0.3) is 0 Å². The van der Waals surface area contributed by atoms with Crippen molar-refractivity contribution in [2.75, 3.05) is 0 Å². The summed E-state index contributed by atoms with van der Waals surface area (Å²) in [6, 6.07) is 0. The molecule has 0 aromatic rings. The fourth-order valence-electron chi connectivity index (χ4n) is 8.13. The first-order valence-electron chi connectivity index (χ1n) is 10.4. The Morgan fingerprint density at radius 3 is 2.27 bits per heavy atom. The number of carboxylic acids is 3. The van der Waals surface area contributed by atoms with Gasteiger partial charge in [-0.15, -0.1) is 0 Å². The summed E-state index contributed by atoms with van der Waals surface area (Å²) in [5.74, 6) is -6.62. The van der Waals surface area contributed by atoms with Gasteiger partial charge in [-0.2, -0.15) is 0 Å². The van der Waals surface area contributed by atoms with Crippen LogP contribution < -0.4 is 0 Å². The number of carbonyl (C=O) groups is 4. The smallest absolute Gasteiger partial charge is 0.310 e. The van der Waals surface area contributed by atoms with Crippen molar-refractivity contribution >= 4 is 23.9 Å². The van der Waals surface area contributed by atoms with Crippen molar-refractivity contribution in [2.45, 2.75) is 64.4 Å². The Hall–Kier alpha value is -2.38. The zero-order valence-electron chi connectivity index (χ0n) is 17.3. The Kier molecular flexibility index (Phi) is 4.23. The number of ether oxygens (including phenoxy) is 1. The summed E-state index contributed by atoms with van der Waals surface area (Å²) in [4.78, 5) is 49.7. The summed E-state index contributed by atoms with van der Waals surface area (Å²) in [5.41, 5.74) is -4.26. The first-order valence-corrected chi connectivity index (χ1v) is 10.4. The number of aliphatic carboxylic acids is 3. The lowest BCUT2D eigenvalue weighted by atomic mass is 9.52. The molecule has 4 rings (SSSR count). The molecule has 8 nitrogen and oxygen atoms in total. The van der Waals surface area contributed by atoms with Gasteiger partial charge >= 0.3 is 23.9 Å². The van der Waals surface area contributed by atoms with E-state index < -0.39 is 63.5 Å². The highest BCUT2D eigenvalue weighted by molar-refractivity contribution is 5.86. The number of fused-ring (bicyclic) bond motifs is 3. The highest BCUT2D eigenvalue weighted by atomic mass is 16.6. The Balaban J connectivity index is 1.97. The van der Waals surface area contributed by atoms with Crippen LogP contribution in [0.5, 0.6) is 0 Å². The van der Waals surface area contributed by atoms with Crippen LogP contribution in [0.1, 0.15) is 58.8 Å². The standard InChI is InChI=1S/C22H28O8/c1-11-9-20-10-21(11,30-12(2)23)8-5-13(20)22(18(28)29)7-4-6-19(3,17(26)27)15(22)14(20)16(24)25/h13-15H,1,4-10H2,2-3H3,(H,24,25)(H,26,27)(H,28,29)/t13-,14+,15+,19+,20-,21-,22+/m0/s1. The molecule has 164 valence electrons. The summed E-state index contributed by atoms with van der Waals surface area (Å²) in [7, 11) is 0. The molecule has 4 fully saturated rings. The predicted octanol–water partition coefficient (Wildman–Crippen LogP) is 2.71. The molecule has 0 aromatic carbocycles. The molecule has 30 heavy (non-hydrogen) atoms. The zero-order valence-corrected chi connectivity index (χ0v) is 17.3. The van der Waals surface area contributed by atoms with Crippen LogP contribution >= 0.6 is 0 Å². The minimum atomic E-state index is -1.46. The molecular weight excluding hydrogens is 392 g/mol. The molecule has 0 amide bonds.